The molecule has 0 aliphatic rings. The highest BCUT2D eigenvalue weighted by molar-refractivity contribution is 6.31. The summed E-state index contributed by atoms with van der Waals surface area (Å²) >= 11 is 6.66. The van der Waals surface area contributed by atoms with Gasteiger partial charge in [-0.3, -0.25) is 0 Å². The van der Waals surface area contributed by atoms with Crippen molar-refractivity contribution in [2.45, 2.75) is 52.4 Å². The molecule has 0 heterocycles. The normalized spacial score (nSPS) is 12.1. The summed E-state index contributed by atoms with van der Waals surface area (Å²) in [6.45, 7) is 13.5. The Morgan fingerprint density at radius 3 is 1.58 bits per heavy atom. The molecule has 192 valence electrons. The fraction of sp³-hybridized carbons (Fsp3) is 0.222. The monoisotopic (exact) mass is 517 g/mol. The first-order valence-electron chi connectivity index (χ1n) is 13.3. The van der Waals surface area contributed by atoms with Crippen molar-refractivity contribution in [3.8, 4) is 11.1 Å². The van der Waals surface area contributed by atoms with Gasteiger partial charge < -0.3 is 4.90 Å². The van der Waals surface area contributed by atoms with Crippen molar-refractivity contribution >= 4 is 39.4 Å². The van der Waals surface area contributed by atoms with E-state index in [2.05, 4.69) is 150 Å². The van der Waals surface area contributed by atoms with Gasteiger partial charge in [-0.1, -0.05) is 120 Å². The topological polar surface area (TPSA) is 3.24 Å². The molecule has 0 amide bonds. The number of hydrogen-bond acceptors (Lipinski definition) is 1. The summed E-state index contributed by atoms with van der Waals surface area (Å²) in [5.74, 6) is 0. The zero-order chi connectivity index (χ0) is 27.1. The van der Waals surface area contributed by atoms with Gasteiger partial charge in [0, 0.05) is 22.0 Å². The Labute approximate surface area is 232 Å². The standard InChI is InChI=1S/C36H36ClN/c1-35(2,3)28-13-18-31(19-14-28)38(32-20-15-29(16-21-32)36(4,5)6)34-24-30(37)17-22-33(34)27-12-11-25-9-7-8-10-26(25)23-27/h7-24H,1-6H3. The molecule has 0 fully saturated rings. The lowest BCUT2D eigenvalue weighted by Crippen LogP contribution is -2.15. The summed E-state index contributed by atoms with van der Waals surface area (Å²) in [7, 11) is 0. The molecule has 0 aliphatic carbocycles. The largest absolute Gasteiger partial charge is 0.310 e. The van der Waals surface area contributed by atoms with Crippen LogP contribution in [-0.2, 0) is 10.8 Å². The Kier molecular flexibility index (Phi) is 6.84. The van der Waals surface area contributed by atoms with Gasteiger partial charge in [0.25, 0.3) is 0 Å². The number of halogens is 1. The van der Waals surface area contributed by atoms with Crippen molar-refractivity contribution in [1.29, 1.82) is 0 Å². The Balaban J connectivity index is 1.71. The molecule has 0 saturated carbocycles. The first-order chi connectivity index (χ1) is 18.0. The summed E-state index contributed by atoms with van der Waals surface area (Å²) in [6.07, 6.45) is 0. The number of benzene rings is 5. The summed E-state index contributed by atoms with van der Waals surface area (Å²) in [6, 6.07) is 39.3. The highest BCUT2D eigenvalue weighted by Crippen LogP contribution is 2.43. The van der Waals surface area contributed by atoms with Crippen LogP contribution in [0.25, 0.3) is 21.9 Å². The van der Waals surface area contributed by atoms with E-state index in [1.54, 1.807) is 0 Å². The molecule has 5 aromatic rings. The van der Waals surface area contributed by atoms with Crippen molar-refractivity contribution < 1.29 is 0 Å². The number of nitrogens with zero attached hydrogens (tertiary/aromatic N) is 1. The van der Waals surface area contributed by atoms with E-state index in [9.17, 15) is 0 Å². The van der Waals surface area contributed by atoms with Gasteiger partial charge in [-0.2, -0.15) is 0 Å². The average molecular weight is 518 g/mol. The third-order valence-corrected chi connectivity index (χ3v) is 7.48. The molecule has 0 bridgehead atoms. The van der Waals surface area contributed by atoms with Crippen LogP contribution in [0.15, 0.2) is 109 Å². The Morgan fingerprint density at radius 1 is 0.526 bits per heavy atom. The van der Waals surface area contributed by atoms with E-state index in [0.29, 0.717) is 5.02 Å². The van der Waals surface area contributed by atoms with Gasteiger partial charge in [-0.25, -0.2) is 0 Å². The van der Waals surface area contributed by atoms with Crippen molar-refractivity contribution in [3.63, 3.8) is 0 Å². The zero-order valence-corrected chi connectivity index (χ0v) is 24.0. The Bertz CT molecular complexity index is 1510. The van der Waals surface area contributed by atoms with Crippen LogP contribution < -0.4 is 4.90 Å². The van der Waals surface area contributed by atoms with Crippen molar-refractivity contribution in [1.82, 2.24) is 0 Å². The predicted octanol–water partition coefficient (Wildman–Crippen LogP) is 11.2. The van der Waals surface area contributed by atoms with E-state index < -0.39 is 0 Å². The maximum absolute atomic E-state index is 6.66. The van der Waals surface area contributed by atoms with Crippen molar-refractivity contribution in [2.24, 2.45) is 0 Å². The molecule has 0 atom stereocenters. The number of rotatable bonds is 4. The molecule has 5 aromatic carbocycles. The van der Waals surface area contributed by atoms with E-state index in [-0.39, 0.29) is 10.8 Å². The summed E-state index contributed by atoms with van der Waals surface area (Å²) < 4.78 is 0. The molecule has 5 rings (SSSR count). The second-order valence-electron chi connectivity index (χ2n) is 12.2. The number of anilines is 3. The SMILES string of the molecule is CC(C)(C)c1ccc(N(c2ccc(C(C)(C)C)cc2)c2cc(Cl)ccc2-c2ccc3ccccc3c2)cc1. The minimum atomic E-state index is 0.0873. The van der Waals surface area contributed by atoms with E-state index in [4.69, 9.17) is 11.6 Å². The fourth-order valence-corrected chi connectivity index (χ4v) is 5.11. The molecule has 0 aliphatic heterocycles. The highest BCUT2D eigenvalue weighted by atomic mass is 35.5. The lowest BCUT2D eigenvalue weighted by atomic mass is 9.86. The molecule has 0 spiro atoms. The van der Waals surface area contributed by atoms with Crippen LogP contribution in [-0.4, -0.2) is 0 Å². The first-order valence-corrected chi connectivity index (χ1v) is 13.7. The highest BCUT2D eigenvalue weighted by Gasteiger charge is 2.21. The van der Waals surface area contributed by atoms with Gasteiger partial charge in [-0.15, -0.1) is 0 Å². The van der Waals surface area contributed by atoms with Gasteiger partial charge in [0.1, 0.15) is 0 Å². The van der Waals surface area contributed by atoms with Crippen LogP contribution in [0.2, 0.25) is 5.02 Å². The smallest absolute Gasteiger partial charge is 0.0554 e. The summed E-state index contributed by atoms with van der Waals surface area (Å²) in [5, 5.41) is 3.17. The molecular weight excluding hydrogens is 482 g/mol. The molecule has 0 N–H and O–H groups in total. The molecule has 0 saturated heterocycles. The fourth-order valence-electron chi connectivity index (χ4n) is 4.94. The van der Waals surface area contributed by atoms with Crippen LogP contribution in [0.1, 0.15) is 52.7 Å². The van der Waals surface area contributed by atoms with Gasteiger partial charge in [0.05, 0.1) is 5.69 Å². The van der Waals surface area contributed by atoms with Crippen LogP contribution >= 0.6 is 11.6 Å². The second-order valence-corrected chi connectivity index (χ2v) is 12.6. The third-order valence-electron chi connectivity index (χ3n) is 7.24. The lowest BCUT2D eigenvalue weighted by molar-refractivity contribution is 0.590. The first kappa shape index (κ1) is 26.1. The number of fused-ring (bicyclic) bond motifs is 1. The summed E-state index contributed by atoms with van der Waals surface area (Å²) in [4.78, 5) is 2.33. The molecule has 0 aromatic heterocycles. The zero-order valence-electron chi connectivity index (χ0n) is 23.2. The van der Waals surface area contributed by atoms with Gasteiger partial charge >= 0.3 is 0 Å². The molecule has 38 heavy (non-hydrogen) atoms. The predicted molar refractivity (Wildman–Crippen MR) is 166 cm³/mol. The third kappa shape index (κ3) is 5.35. The van der Waals surface area contributed by atoms with Crippen LogP contribution in [0.5, 0.6) is 0 Å². The van der Waals surface area contributed by atoms with Gasteiger partial charge in [0.2, 0.25) is 0 Å². The van der Waals surface area contributed by atoms with E-state index >= 15 is 0 Å². The minimum absolute atomic E-state index is 0.0873. The van der Waals surface area contributed by atoms with Gasteiger partial charge in [-0.05, 0) is 80.8 Å². The van der Waals surface area contributed by atoms with Crippen LogP contribution in [0.4, 0.5) is 17.1 Å². The van der Waals surface area contributed by atoms with E-state index in [1.165, 1.54) is 21.9 Å². The minimum Gasteiger partial charge on any atom is -0.310 e. The molecule has 1 nitrogen and oxygen atoms in total. The van der Waals surface area contributed by atoms with Crippen molar-refractivity contribution in [2.75, 3.05) is 4.90 Å². The molecule has 0 unspecified atom stereocenters. The molecular formula is C36H36ClN. The van der Waals surface area contributed by atoms with E-state index in [0.717, 1.165) is 28.2 Å². The Morgan fingerprint density at radius 2 is 1.05 bits per heavy atom. The molecule has 2 heteroatoms. The summed E-state index contributed by atoms with van der Waals surface area (Å²) in [5.41, 5.74) is 8.36. The van der Waals surface area contributed by atoms with Crippen LogP contribution in [0.3, 0.4) is 0 Å². The van der Waals surface area contributed by atoms with Crippen molar-refractivity contribution in [3.05, 3.63) is 125 Å². The number of hydrogen-bond donors (Lipinski definition) is 0. The average Bonchev–Trinajstić information content (AvgIpc) is 2.88. The van der Waals surface area contributed by atoms with E-state index in [1.807, 2.05) is 6.07 Å². The van der Waals surface area contributed by atoms with Gasteiger partial charge in [0.15, 0.2) is 0 Å². The maximum atomic E-state index is 6.66. The Hall–Kier alpha value is -3.55. The lowest BCUT2D eigenvalue weighted by Gasteiger charge is -2.30. The quantitative estimate of drug-likeness (QED) is 0.229. The second kappa shape index (κ2) is 9.97. The van der Waals surface area contributed by atoms with Crippen LogP contribution in [0, 0.1) is 0 Å². The maximum Gasteiger partial charge on any atom is 0.0554 e. The molecule has 0 radical (unpaired) electrons.